The van der Waals surface area contributed by atoms with E-state index in [1.54, 1.807) is 30.3 Å². The molecule has 6 heteroatoms. The van der Waals surface area contributed by atoms with Gasteiger partial charge in [-0.25, -0.2) is 4.39 Å². The average Bonchev–Trinajstić information content (AvgIpc) is 2.88. The van der Waals surface area contributed by atoms with E-state index < -0.39 is 5.97 Å². The van der Waals surface area contributed by atoms with E-state index in [9.17, 15) is 14.0 Å². The fourth-order valence-electron chi connectivity index (χ4n) is 2.59. The Morgan fingerprint density at radius 3 is 2.83 bits per heavy atom. The maximum absolute atomic E-state index is 13.2. The van der Waals surface area contributed by atoms with Gasteiger partial charge in [-0.3, -0.25) is 9.59 Å². The van der Waals surface area contributed by atoms with Crippen LogP contribution >= 0.6 is 0 Å². The number of hydrogen-bond donors (Lipinski definition) is 0. The number of rotatable bonds is 5. The van der Waals surface area contributed by atoms with Gasteiger partial charge in [0, 0.05) is 12.1 Å². The quantitative estimate of drug-likeness (QED) is 0.791. The molecule has 0 aliphatic carbocycles. The standard InChI is InChI=1S/C18H16FNO4/c1-23-17(21)10-20-9-13-8-15(5-6-16(13)18(20)22)24-11-12-3-2-4-14(19)7-12/h2-8H,9-11H2,1H3. The number of halogens is 1. The van der Waals surface area contributed by atoms with Crippen molar-refractivity contribution in [1.29, 1.82) is 0 Å². The second-order valence-corrected chi connectivity index (χ2v) is 5.47. The lowest BCUT2D eigenvalue weighted by Gasteiger charge is -2.13. The van der Waals surface area contributed by atoms with E-state index in [-0.39, 0.29) is 24.9 Å². The second kappa shape index (κ2) is 6.70. The second-order valence-electron chi connectivity index (χ2n) is 5.47. The highest BCUT2D eigenvalue weighted by Gasteiger charge is 2.29. The lowest BCUT2D eigenvalue weighted by molar-refractivity contribution is -0.141. The molecule has 0 radical (unpaired) electrons. The van der Waals surface area contributed by atoms with Crippen LogP contribution in [-0.2, 0) is 22.7 Å². The molecule has 5 nitrogen and oxygen atoms in total. The number of carbonyl (C=O) groups excluding carboxylic acids is 2. The molecule has 1 amide bonds. The molecule has 1 aliphatic heterocycles. The van der Waals surface area contributed by atoms with E-state index in [0.29, 0.717) is 17.9 Å². The summed E-state index contributed by atoms with van der Waals surface area (Å²) in [6.45, 7) is 0.486. The molecular formula is C18H16FNO4. The van der Waals surface area contributed by atoms with Gasteiger partial charge in [0.25, 0.3) is 5.91 Å². The van der Waals surface area contributed by atoms with Crippen LogP contribution in [0.2, 0.25) is 0 Å². The first-order valence-electron chi connectivity index (χ1n) is 7.43. The predicted octanol–water partition coefficient (Wildman–Crippen LogP) is 2.53. The third-order valence-corrected chi connectivity index (χ3v) is 3.80. The molecule has 0 fully saturated rings. The van der Waals surface area contributed by atoms with Gasteiger partial charge in [0.15, 0.2) is 0 Å². The molecule has 0 atom stereocenters. The summed E-state index contributed by atoms with van der Waals surface area (Å²) in [4.78, 5) is 25.0. The van der Waals surface area contributed by atoms with Gasteiger partial charge in [-0.2, -0.15) is 0 Å². The van der Waals surface area contributed by atoms with Gasteiger partial charge in [-0.1, -0.05) is 12.1 Å². The highest BCUT2D eigenvalue weighted by Crippen LogP contribution is 2.27. The lowest BCUT2D eigenvalue weighted by Crippen LogP contribution is -2.30. The summed E-state index contributed by atoms with van der Waals surface area (Å²) in [5, 5.41) is 0. The monoisotopic (exact) mass is 329 g/mol. The molecule has 0 aromatic heterocycles. The molecule has 124 valence electrons. The van der Waals surface area contributed by atoms with Crippen LogP contribution in [0.5, 0.6) is 5.75 Å². The van der Waals surface area contributed by atoms with Gasteiger partial charge >= 0.3 is 5.97 Å². The Morgan fingerprint density at radius 1 is 1.25 bits per heavy atom. The van der Waals surface area contributed by atoms with E-state index in [2.05, 4.69) is 4.74 Å². The van der Waals surface area contributed by atoms with Gasteiger partial charge < -0.3 is 14.4 Å². The Kier molecular flexibility index (Phi) is 4.46. The Hall–Kier alpha value is -2.89. The highest BCUT2D eigenvalue weighted by molar-refractivity contribution is 6.00. The maximum atomic E-state index is 13.2. The zero-order valence-electron chi connectivity index (χ0n) is 13.1. The number of fused-ring (bicyclic) bond motifs is 1. The van der Waals surface area contributed by atoms with E-state index in [0.717, 1.165) is 11.1 Å². The zero-order chi connectivity index (χ0) is 17.1. The van der Waals surface area contributed by atoms with Gasteiger partial charge in [-0.05, 0) is 41.5 Å². The Bertz CT molecular complexity index is 790. The van der Waals surface area contributed by atoms with E-state index >= 15 is 0 Å². The predicted molar refractivity (Wildman–Crippen MR) is 83.9 cm³/mol. The van der Waals surface area contributed by atoms with E-state index in [1.165, 1.54) is 24.1 Å². The van der Waals surface area contributed by atoms with Crippen LogP contribution in [0.4, 0.5) is 4.39 Å². The Balaban J connectivity index is 1.68. The normalized spacial score (nSPS) is 12.9. The molecule has 0 saturated heterocycles. The first-order valence-corrected chi connectivity index (χ1v) is 7.43. The summed E-state index contributed by atoms with van der Waals surface area (Å²) in [5.41, 5.74) is 2.07. The van der Waals surface area contributed by atoms with Crippen LogP contribution in [0.15, 0.2) is 42.5 Å². The van der Waals surface area contributed by atoms with Gasteiger partial charge in [0.05, 0.1) is 7.11 Å². The minimum absolute atomic E-state index is 0.0799. The Labute approximate surface area is 138 Å². The summed E-state index contributed by atoms with van der Waals surface area (Å²) in [6, 6.07) is 11.3. The SMILES string of the molecule is COC(=O)CN1Cc2cc(OCc3cccc(F)c3)ccc2C1=O. The number of benzene rings is 2. The van der Waals surface area contributed by atoms with Crippen LogP contribution in [0.3, 0.4) is 0 Å². The summed E-state index contributed by atoms with van der Waals surface area (Å²) in [6.07, 6.45) is 0. The van der Waals surface area contributed by atoms with Crippen LogP contribution in [0.25, 0.3) is 0 Å². The number of ether oxygens (including phenoxy) is 2. The fourth-order valence-corrected chi connectivity index (χ4v) is 2.59. The molecule has 2 aromatic rings. The lowest BCUT2D eigenvalue weighted by atomic mass is 10.1. The third-order valence-electron chi connectivity index (χ3n) is 3.80. The summed E-state index contributed by atoms with van der Waals surface area (Å²) < 4.78 is 23.4. The van der Waals surface area contributed by atoms with Crippen molar-refractivity contribution < 1.29 is 23.5 Å². The van der Waals surface area contributed by atoms with Crippen molar-refractivity contribution in [2.24, 2.45) is 0 Å². The molecule has 0 unspecified atom stereocenters. The number of carbonyl (C=O) groups is 2. The molecule has 2 aromatic carbocycles. The van der Waals surface area contributed by atoms with Gasteiger partial charge in [-0.15, -0.1) is 0 Å². The third kappa shape index (κ3) is 3.37. The van der Waals surface area contributed by atoms with Crippen LogP contribution in [0.1, 0.15) is 21.5 Å². The number of nitrogens with zero attached hydrogens (tertiary/aromatic N) is 1. The summed E-state index contributed by atoms with van der Waals surface area (Å²) in [7, 11) is 1.29. The minimum Gasteiger partial charge on any atom is -0.489 e. The van der Waals surface area contributed by atoms with Crippen LogP contribution in [-0.4, -0.2) is 30.4 Å². The van der Waals surface area contributed by atoms with Gasteiger partial charge in [0.1, 0.15) is 24.7 Å². The van der Waals surface area contributed by atoms with Crippen molar-refractivity contribution >= 4 is 11.9 Å². The van der Waals surface area contributed by atoms with Crippen molar-refractivity contribution in [2.45, 2.75) is 13.2 Å². The van der Waals surface area contributed by atoms with E-state index in [4.69, 9.17) is 4.74 Å². The molecule has 0 N–H and O–H groups in total. The zero-order valence-corrected chi connectivity index (χ0v) is 13.1. The topological polar surface area (TPSA) is 55.8 Å². The fraction of sp³-hybridized carbons (Fsp3) is 0.222. The number of esters is 1. The molecule has 24 heavy (non-hydrogen) atoms. The van der Waals surface area contributed by atoms with Crippen molar-refractivity contribution in [3.8, 4) is 5.75 Å². The maximum Gasteiger partial charge on any atom is 0.325 e. The van der Waals surface area contributed by atoms with Crippen molar-refractivity contribution in [2.75, 3.05) is 13.7 Å². The molecule has 3 rings (SSSR count). The van der Waals surface area contributed by atoms with Crippen molar-refractivity contribution in [1.82, 2.24) is 4.90 Å². The molecule has 0 saturated carbocycles. The summed E-state index contributed by atoms with van der Waals surface area (Å²) in [5.74, 6) is -0.384. The summed E-state index contributed by atoms with van der Waals surface area (Å²) >= 11 is 0. The smallest absolute Gasteiger partial charge is 0.325 e. The molecule has 1 aliphatic rings. The number of amides is 1. The minimum atomic E-state index is -0.460. The first kappa shape index (κ1) is 16.0. The largest absolute Gasteiger partial charge is 0.489 e. The van der Waals surface area contributed by atoms with Crippen molar-refractivity contribution in [3.05, 3.63) is 65.0 Å². The molecular weight excluding hydrogens is 313 g/mol. The average molecular weight is 329 g/mol. The van der Waals surface area contributed by atoms with Crippen LogP contribution in [0, 0.1) is 5.82 Å². The Morgan fingerprint density at radius 2 is 2.08 bits per heavy atom. The van der Waals surface area contributed by atoms with Crippen molar-refractivity contribution in [3.63, 3.8) is 0 Å². The van der Waals surface area contributed by atoms with E-state index in [1.807, 2.05) is 0 Å². The molecule has 1 heterocycles. The molecule has 0 spiro atoms. The highest BCUT2D eigenvalue weighted by atomic mass is 19.1. The number of methoxy groups -OCH3 is 1. The van der Waals surface area contributed by atoms with Crippen LogP contribution < -0.4 is 4.74 Å². The first-order chi connectivity index (χ1) is 11.6. The molecule has 0 bridgehead atoms. The van der Waals surface area contributed by atoms with Gasteiger partial charge in [0.2, 0.25) is 0 Å². The number of hydrogen-bond acceptors (Lipinski definition) is 4.